The van der Waals surface area contributed by atoms with Gasteiger partial charge in [0.2, 0.25) is 0 Å². The molecule has 0 amide bonds. The summed E-state index contributed by atoms with van der Waals surface area (Å²) < 4.78 is 0. The van der Waals surface area contributed by atoms with Crippen molar-refractivity contribution >= 4 is 17.3 Å². The first-order valence-electron chi connectivity index (χ1n) is 5.66. The maximum absolute atomic E-state index is 10.5. The molecule has 1 aromatic rings. The third-order valence-electron chi connectivity index (χ3n) is 2.59. The van der Waals surface area contributed by atoms with Gasteiger partial charge in [-0.15, -0.1) is 0 Å². The lowest BCUT2D eigenvalue weighted by molar-refractivity contribution is -0.384. The average Bonchev–Trinajstić information content (AvgIpc) is 2.30. The molecule has 0 N–H and O–H groups in total. The number of hydrogen-bond donors (Lipinski definition) is 0. The second kappa shape index (κ2) is 7.25. The largest absolute Gasteiger partial charge is 0.270 e. The molecule has 0 saturated carbocycles. The lowest BCUT2D eigenvalue weighted by atomic mass is 10.1. The highest BCUT2D eigenvalue weighted by molar-refractivity contribution is 6.31. The first-order valence-corrected chi connectivity index (χ1v) is 6.04. The average molecular weight is 257 g/mol. The van der Waals surface area contributed by atoms with Crippen LogP contribution in [0.5, 0.6) is 0 Å². The number of hydrogen-bond acceptors (Lipinski definition) is 2. The Morgan fingerprint density at radius 3 is 2.47 bits per heavy atom. The fourth-order valence-electron chi connectivity index (χ4n) is 1.62. The zero-order valence-corrected chi connectivity index (χ0v) is 10.3. The molecule has 4 nitrogen and oxygen atoms in total. The molecule has 93 valence electrons. The molecule has 0 unspecified atom stereocenters. The Morgan fingerprint density at radius 1 is 1.18 bits per heavy atom. The summed E-state index contributed by atoms with van der Waals surface area (Å²) in [6.07, 6.45) is 4.41. The number of aryl methyl sites for hydroxylation is 1. The van der Waals surface area contributed by atoms with Gasteiger partial charge in [0.25, 0.3) is 5.69 Å². The van der Waals surface area contributed by atoms with Crippen molar-refractivity contribution in [2.75, 3.05) is 6.61 Å². The van der Waals surface area contributed by atoms with Crippen LogP contribution in [-0.2, 0) is 11.5 Å². The van der Waals surface area contributed by atoms with Gasteiger partial charge in [0, 0.05) is 12.1 Å². The van der Waals surface area contributed by atoms with E-state index in [-0.39, 0.29) is 12.3 Å². The summed E-state index contributed by atoms with van der Waals surface area (Å²) in [4.78, 5) is 10.1. The van der Waals surface area contributed by atoms with Crippen LogP contribution in [0.1, 0.15) is 31.2 Å². The number of nitro groups is 1. The lowest BCUT2D eigenvalue weighted by Crippen LogP contribution is -1.92. The molecule has 17 heavy (non-hydrogen) atoms. The number of benzene rings is 1. The molecular formula is C12H15ClNO3. The van der Waals surface area contributed by atoms with Gasteiger partial charge >= 0.3 is 0 Å². The molecule has 0 bridgehead atoms. The SMILES string of the molecule is [O]CCCCCCc1ccc([N+](=O)[O-])cc1Cl. The van der Waals surface area contributed by atoms with Crippen molar-refractivity contribution in [1.82, 2.24) is 0 Å². The Balaban J connectivity index is 2.46. The van der Waals surface area contributed by atoms with Crippen molar-refractivity contribution in [3.05, 3.63) is 38.9 Å². The molecule has 0 atom stereocenters. The fraction of sp³-hybridized carbons (Fsp3) is 0.500. The summed E-state index contributed by atoms with van der Waals surface area (Å²) in [6.45, 7) is -0.0156. The molecule has 0 aromatic heterocycles. The monoisotopic (exact) mass is 256 g/mol. The van der Waals surface area contributed by atoms with E-state index in [1.165, 1.54) is 12.1 Å². The van der Waals surface area contributed by atoms with Gasteiger partial charge in [-0.2, -0.15) is 0 Å². The maximum Gasteiger partial charge on any atom is 0.270 e. The van der Waals surface area contributed by atoms with E-state index in [0.29, 0.717) is 11.4 Å². The zero-order chi connectivity index (χ0) is 12.7. The summed E-state index contributed by atoms with van der Waals surface area (Å²) in [5.74, 6) is 0. The molecule has 5 heteroatoms. The van der Waals surface area contributed by atoms with Crippen LogP contribution in [0.3, 0.4) is 0 Å². The first-order chi connectivity index (χ1) is 8.15. The summed E-state index contributed by atoms with van der Waals surface area (Å²) in [5, 5.41) is 21.2. The van der Waals surface area contributed by atoms with Crippen molar-refractivity contribution in [2.24, 2.45) is 0 Å². The summed E-state index contributed by atoms with van der Waals surface area (Å²) in [5.41, 5.74) is 0.949. The number of non-ortho nitro benzene ring substituents is 1. The van der Waals surface area contributed by atoms with Crippen LogP contribution < -0.4 is 0 Å². The normalized spacial score (nSPS) is 10.5. The van der Waals surface area contributed by atoms with Crippen molar-refractivity contribution in [3.63, 3.8) is 0 Å². The van der Waals surface area contributed by atoms with Crippen LogP contribution in [0, 0.1) is 10.1 Å². The van der Waals surface area contributed by atoms with Gasteiger partial charge in [-0.25, -0.2) is 5.11 Å². The molecule has 0 saturated heterocycles. The van der Waals surface area contributed by atoms with Crippen molar-refractivity contribution in [2.45, 2.75) is 32.1 Å². The van der Waals surface area contributed by atoms with Crippen molar-refractivity contribution in [3.8, 4) is 0 Å². The smallest absolute Gasteiger partial charge is 0.258 e. The van der Waals surface area contributed by atoms with Crippen molar-refractivity contribution < 1.29 is 10.0 Å². The van der Waals surface area contributed by atoms with Crippen LogP contribution in [0.25, 0.3) is 0 Å². The summed E-state index contributed by atoms with van der Waals surface area (Å²) in [6, 6.07) is 4.56. The summed E-state index contributed by atoms with van der Waals surface area (Å²) >= 11 is 5.96. The third kappa shape index (κ3) is 4.71. The van der Waals surface area contributed by atoms with Gasteiger partial charge in [0.15, 0.2) is 0 Å². The van der Waals surface area contributed by atoms with Crippen molar-refractivity contribution in [1.29, 1.82) is 0 Å². The predicted molar refractivity (Wildman–Crippen MR) is 65.8 cm³/mol. The number of halogens is 1. The second-order valence-electron chi connectivity index (χ2n) is 3.90. The van der Waals surface area contributed by atoms with E-state index >= 15 is 0 Å². The Bertz CT molecular complexity index is 382. The van der Waals surface area contributed by atoms with Gasteiger partial charge in [-0.05, 0) is 24.8 Å². The molecule has 0 aliphatic heterocycles. The minimum absolute atomic E-state index is 0.0156. The van der Waals surface area contributed by atoms with Crippen LogP contribution in [0.15, 0.2) is 18.2 Å². The Labute approximate surface area is 105 Å². The highest BCUT2D eigenvalue weighted by Gasteiger charge is 2.08. The van der Waals surface area contributed by atoms with Crippen LogP contribution in [0.2, 0.25) is 5.02 Å². The van der Waals surface area contributed by atoms with E-state index in [1.807, 2.05) is 0 Å². The standard InChI is InChI=1S/C12H15ClNO3/c13-12-9-11(14(16)17)7-6-10(12)5-3-1-2-4-8-15/h6-7,9H,1-5,8H2. The topological polar surface area (TPSA) is 63.0 Å². The Morgan fingerprint density at radius 2 is 1.88 bits per heavy atom. The van der Waals surface area contributed by atoms with Crippen LogP contribution in [-0.4, -0.2) is 11.5 Å². The molecule has 0 aliphatic rings. The van der Waals surface area contributed by atoms with Gasteiger partial charge in [0.1, 0.15) is 0 Å². The van der Waals surface area contributed by atoms with E-state index in [2.05, 4.69) is 0 Å². The number of unbranched alkanes of at least 4 members (excludes halogenated alkanes) is 3. The van der Waals surface area contributed by atoms with E-state index in [4.69, 9.17) is 11.6 Å². The Kier molecular flexibility index (Phi) is 5.94. The van der Waals surface area contributed by atoms with E-state index in [1.54, 1.807) is 6.07 Å². The highest BCUT2D eigenvalue weighted by Crippen LogP contribution is 2.23. The third-order valence-corrected chi connectivity index (χ3v) is 2.94. The van der Waals surface area contributed by atoms with Gasteiger partial charge in [-0.1, -0.05) is 30.5 Å². The van der Waals surface area contributed by atoms with E-state index in [0.717, 1.165) is 31.2 Å². The number of nitrogens with zero attached hydrogens (tertiary/aromatic N) is 1. The quantitative estimate of drug-likeness (QED) is 0.423. The molecule has 0 fully saturated rings. The summed E-state index contributed by atoms with van der Waals surface area (Å²) in [7, 11) is 0. The van der Waals surface area contributed by atoms with Gasteiger partial charge in [-0.3, -0.25) is 10.1 Å². The van der Waals surface area contributed by atoms with E-state index < -0.39 is 4.92 Å². The highest BCUT2D eigenvalue weighted by atomic mass is 35.5. The first kappa shape index (κ1) is 13.9. The molecular weight excluding hydrogens is 242 g/mol. The Hall–Kier alpha value is -1.13. The predicted octanol–water partition coefficient (Wildman–Crippen LogP) is 3.78. The number of nitro benzene ring substituents is 1. The minimum Gasteiger partial charge on any atom is -0.258 e. The van der Waals surface area contributed by atoms with Crippen LogP contribution >= 0.6 is 11.6 Å². The molecule has 1 radical (unpaired) electrons. The molecule has 1 rings (SSSR count). The zero-order valence-electron chi connectivity index (χ0n) is 9.52. The van der Waals surface area contributed by atoms with E-state index in [9.17, 15) is 15.2 Å². The fourth-order valence-corrected chi connectivity index (χ4v) is 1.89. The molecule has 0 spiro atoms. The second-order valence-corrected chi connectivity index (χ2v) is 4.31. The molecule has 1 aromatic carbocycles. The van der Waals surface area contributed by atoms with Crippen LogP contribution in [0.4, 0.5) is 5.69 Å². The van der Waals surface area contributed by atoms with Gasteiger partial charge in [0.05, 0.1) is 16.6 Å². The number of rotatable bonds is 7. The lowest BCUT2D eigenvalue weighted by Gasteiger charge is -2.03. The molecule has 0 aliphatic carbocycles. The molecule has 0 heterocycles. The van der Waals surface area contributed by atoms with Gasteiger partial charge < -0.3 is 0 Å². The minimum atomic E-state index is -0.454. The maximum atomic E-state index is 10.5.